The van der Waals surface area contributed by atoms with E-state index < -0.39 is 17.6 Å². The lowest BCUT2D eigenvalue weighted by molar-refractivity contribution is -0.0915. The summed E-state index contributed by atoms with van der Waals surface area (Å²) in [6.07, 6.45) is -2.62. The van der Waals surface area contributed by atoms with Crippen LogP contribution >= 0.6 is 0 Å². The molecule has 0 aliphatic heterocycles. The Hall–Kier alpha value is -2.57. The number of imidazole rings is 1. The summed E-state index contributed by atoms with van der Waals surface area (Å²) in [5.41, 5.74) is 0.774. The third-order valence-electron chi connectivity index (χ3n) is 3.51. The summed E-state index contributed by atoms with van der Waals surface area (Å²) < 4.78 is 52.7. The van der Waals surface area contributed by atoms with E-state index in [9.17, 15) is 17.6 Å². The fourth-order valence-electron chi connectivity index (χ4n) is 2.03. The first-order chi connectivity index (χ1) is 11.2. The number of nitrogens with zero attached hydrogens (tertiary/aromatic N) is 2. The van der Waals surface area contributed by atoms with Gasteiger partial charge in [-0.15, -0.1) is 0 Å². The van der Waals surface area contributed by atoms with Gasteiger partial charge in [0.1, 0.15) is 5.83 Å². The largest absolute Gasteiger partial charge is 0.412 e. The number of hydrogen-bond acceptors (Lipinski definition) is 2. The number of aromatic nitrogens is 2. The maximum absolute atomic E-state index is 14.0. The summed E-state index contributed by atoms with van der Waals surface area (Å²) in [5, 5.41) is 2.74. The maximum Gasteiger partial charge on any atom is 0.412 e. The van der Waals surface area contributed by atoms with Gasteiger partial charge >= 0.3 is 6.18 Å². The van der Waals surface area contributed by atoms with Gasteiger partial charge in [-0.05, 0) is 31.6 Å². The topological polar surface area (TPSA) is 29.9 Å². The number of hydrogen-bond donors (Lipinski definition) is 1. The summed E-state index contributed by atoms with van der Waals surface area (Å²) in [6.45, 7) is 4.50. The average Bonchev–Trinajstić information content (AvgIpc) is 2.82. The fraction of sp³-hybridized carbons (Fsp3) is 0.235. The molecule has 0 aliphatic carbocycles. The molecule has 1 aromatic heterocycles. The number of anilines is 1. The second kappa shape index (κ2) is 6.90. The lowest BCUT2D eigenvalue weighted by atomic mass is 10.2. The van der Waals surface area contributed by atoms with Crippen molar-refractivity contribution >= 4 is 17.0 Å². The van der Waals surface area contributed by atoms with E-state index in [-0.39, 0.29) is 12.1 Å². The van der Waals surface area contributed by atoms with Crippen LogP contribution in [0.2, 0.25) is 0 Å². The van der Waals surface area contributed by atoms with Crippen molar-refractivity contribution in [1.29, 1.82) is 0 Å². The van der Waals surface area contributed by atoms with Crippen molar-refractivity contribution in [2.75, 3.05) is 5.32 Å². The van der Waals surface area contributed by atoms with Crippen LogP contribution < -0.4 is 5.32 Å². The minimum atomic E-state index is -4.40. The lowest BCUT2D eigenvalue weighted by Crippen LogP contribution is -2.08. The van der Waals surface area contributed by atoms with E-state index in [2.05, 4.69) is 16.9 Å². The summed E-state index contributed by atoms with van der Waals surface area (Å²) in [4.78, 5) is 4.31. The molecule has 1 heterocycles. The standard InChI is InChI=1S/C17H17F4N3/c1-11(17(19,20)21)7-6-8-13(18)12(2)22-16-23-14-9-4-5-10-15(14)24(16)3/h4-5,7-10H,2,6H2,1,3H3,(H,22,23)/b11-7+,13-8+. The SMILES string of the molecule is C=C(Nc1nc2ccccc2n1C)/C(F)=C\C/C=C(\C)C(F)(F)F. The van der Waals surface area contributed by atoms with Crippen molar-refractivity contribution in [1.82, 2.24) is 9.55 Å². The van der Waals surface area contributed by atoms with Crippen LogP contribution in [0, 0.1) is 0 Å². The highest BCUT2D eigenvalue weighted by Crippen LogP contribution is 2.25. The number of rotatable bonds is 5. The molecule has 0 aliphatic rings. The van der Waals surface area contributed by atoms with Crippen molar-refractivity contribution in [2.24, 2.45) is 7.05 Å². The quantitative estimate of drug-likeness (QED) is 0.458. The zero-order valence-corrected chi connectivity index (χ0v) is 13.3. The Labute approximate surface area is 137 Å². The molecule has 2 aromatic rings. The number of benzene rings is 1. The van der Waals surface area contributed by atoms with Gasteiger partial charge in [-0.2, -0.15) is 13.2 Å². The van der Waals surface area contributed by atoms with Crippen molar-refractivity contribution in [3.63, 3.8) is 0 Å². The summed E-state index contributed by atoms with van der Waals surface area (Å²) >= 11 is 0. The van der Waals surface area contributed by atoms with Gasteiger partial charge < -0.3 is 9.88 Å². The molecule has 2 rings (SSSR count). The predicted octanol–water partition coefficient (Wildman–Crippen LogP) is 5.25. The summed E-state index contributed by atoms with van der Waals surface area (Å²) in [7, 11) is 1.77. The molecule has 0 fully saturated rings. The van der Waals surface area contributed by atoms with Crippen LogP contribution in [0.1, 0.15) is 13.3 Å². The van der Waals surface area contributed by atoms with Gasteiger partial charge in [0.25, 0.3) is 0 Å². The molecule has 0 saturated heterocycles. The number of alkyl halides is 3. The molecule has 0 bridgehead atoms. The van der Waals surface area contributed by atoms with Crippen LogP contribution in [0.3, 0.4) is 0 Å². The maximum atomic E-state index is 14.0. The summed E-state index contributed by atoms with van der Waals surface area (Å²) in [5.74, 6) is -0.333. The molecule has 24 heavy (non-hydrogen) atoms. The minimum absolute atomic E-state index is 0.0635. The Morgan fingerprint density at radius 3 is 2.58 bits per heavy atom. The summed E-state index contributed by atoms with van der Waals surface area (Å²) in [6, 6.07) is 7.38. The molecular weight excluding hydrogens is 322 g/mol. The van der Waals surface area contributed by atoms with Crippen LogP contribution in [0.5, 0.6) is 0 Å². The van der Waals surface area contributed by atoms with E-state index in [0.29, 0.717) is 5.95 Å². The first-order valence-electron chi connectivity index (χ1n) is 7.17. The molecule has 7 heteroatoms. The highest BCUT2D eigenvalue weighted by atomic mass is 19.4. The molecule has 3 nitrogen and oxygen atoms in total. The van der Waals surface area contributed by atoms with E-state index in [1.807, 2.05) is 24.3 Å². The molecule has 1 aromatic carbocycles. The monoisotopic (exact) mass is 339 g/mol. The fourth-order valence-corrected chi connectivity index (χ4v) is 2.03. The first kappa shape index (κ1) is 17.8. The molecule has 0 saturated carbocycles. The second-order valence-electron chi connectivity index (χ2n) is 5.26. The molecule has 0 amide bonds. The van der Waals surface area contributed by atoms with Gasteiger partial charge in [0.2, 0.25) is 5.95 Å². The van der Waals surface area contributed by atoms with Gasteiger partial charge in [0, 0.05) is 12.6 Å². The third kappa shape index (κ3) is 4.04. The lowest BCUT2D eigenvalue weighted by Gasteiger charge is -2.08. The van der Waals surface area contributed by atoms with Gasteiger partial charge in [-0.1, -0.05) is 24.8 Å². The molecule has 1 N–H and O–H groups in total. The Balaban J connectivity index is 2.08. The van der Waals surface area contributed by atoms with Gasteiger partial charge in [0.15, 0.2) is 0 Å². The molecular formula is C17H17F4N3. The van der Waals surface area contributed by atoms with Crippen LogP contribution in [0.4, 0.5) is 23.5 Å². The van der Waals surface area contributed by atoms with Crippen LogP contribution in [0.25, 0.3) is 11.0 Å². The van der Waals surface area contributed by atoms with Gasteiger partial charge in [0.05, 0.1) is 16.7 Å². The first-order valence-corrected chi connectivity index (χ1v) is 7.17. The zero-order valence-electron chi connectivity index (χ0n) is 13.3. The Morgan fingerprint density at radius 2 is 1.96 bits per heavy atom. The normalized spacial score (nSPS) is 13.4. The zero-order chi connectivity index (χ0) is 17.9. The van der Waals surface area contributed by atoms with Gasteiger partial charge in [-0.25, -0.2) is 9.37 Å². The van der Waals surface area contributed by atoms with E-state index >= 15 is 0 Å². The van der Waals surface area contributed by atoms with Crippen LogP contribution in [0.15, 0.2) is 60.1 Å². The van der Waals surface area contributed by atoms with Crippen molar-refractivity contribution < 1.29 is 17.6 Å². The highest BCUT2D eigenvalue weighted by Gasteiger charge is 2.29. The minimum Gasteiger partial charge on any atom is -0.324 e. The second-order valence-corrected chi connectivity index (χ2v) is 5.26. The van der Waals surface area contributed by atoms with E-state index in [1.54, 1.807) is 11.6 Å². The predicted molar refractivity (Wildman–Crippen MR) is 87.1 cm³/mol. The number of fused-ring (bicyclic) bond motifs is 1. The van der Waals surface area contributed by atoms with Crippen LogP contribution in [-0.4, -0.2) is 15.7 Å². The van der Waals surface area contributed by atoms with Crippen LogP contribution in [-0.2, 0) is 7.05 Å². The van der Waals surface area contributed by atoms with Crippen molar-refractivity contribution in [3.05, 3.63) is 60.1 Å². The number of nitrogens with one attached hydrogen (secondary N) is 1. The molecule has 0 radical (unpaired) electrons. The smallest absolute Gasteiger partial charge is 0.324 e. The third-order valence-corrected chi connectivity index (χ3v) is 3.51. The number of halogens is 4. The van der Waals surface area contributed by atoms with E-state index in [0.717, 1.165) is 30.1 Å². The highest BCUT2D eigenvalue weighted by molar-refractivity contribution is 5.78. The van der Waals surface area contributed by atoms with E-state index in [4.69, 9.17) is 0 Å². The van der Waals surface area contributed by atoms with Crippen molar-refractivity contribution in [3.8, 4) is 0 Å². The molecule has 0 atom stereocenters. The number of para-hydroxylation sites is 2. The Bertz CT molecular complexity index is 813. The van der Waals surface area contributed by atoms with E-state index in [1.165, 1.54) is 0 Å². The Morgan fingerprint density at radius 1 is 1.29 bits per heavy atom. The molecule has 0 unspecified atom stereocenters. The number of allylic oxidation sites excluding steroid dienone is 4. The molecule has 0 spiro atoms. The number of aryl methyl sites for hydroxylation is 1. The average molecular weight is 339 g/mol. The molecule has 128 valence electrons. The Kier molecular flexibility index (Phi) is 5.11. The van der Waals surface area contributed by atoms with Crippen molar-refractivity contribution in [2.45, 2.75) is 19.5 Å². The van der Waals surface area contributed by atoms with Gasteiger partial charge in [-0.3, -0.25) is 0 Å².